The van der Waals surface area contributed by atoms with E-state index in [0.717, 1.165) is 11.1 Å². The molecule has 1 aromatic rings. The Balaban J connectivity index is 0. The molecule has 0 N–H and O–H groups in total. The Morgan fingerprint density at radius 1 is 1.39 bits per heavy atom. The summed E-state index contributed by atoms with van der Waals surface area (Å²) in [7, 11) is -2.44. The molecule has 4 nitrogen and oxygen atoms in total. The van der Waals surface area contributed by atoms with Gasteiger partial charge >= 0.3 is 0 Å². The van der Waals surface area contributed by atoms with Crippen molar-refractivity contribution in [2.45, 2.75) is 27.7 Å². The minimum atomic E-state index is -2.44. The van der Waals surface area contributed by atoms with E-state index in [0.29, 0.717) is 5.57 Å². The minimum absolute atomic E-state index is 0.531. The first kappa shape index (κ1) is 23.0. The number of allylic oxidation sites excluding steroid dienone is 3. The van der Waals surface area contributed by atoms with Crippen molar-refractivity contribution in [3.8, 4) is 6.07 Å². The van der Waals surface area contributed by atoms with Gasteiger partial charge in [-0.2, -0.15) is 5.26 Å². The Hall–Kier alpha value is -2.32. The molecule has 1 aromatic carbocycles. The van der Waals surface area contributed by atoms with Crippen LogP contribution >= 0.6 is 0 Å². The van der Waals surface area contributed by atoms with E-state index in [4.69, 9.17) is 5.26 Å². The molecule has 0 aromatic heterocycles. The molecule has 0 aliphatic rings. The number of nitriles is 1. The van der Waals surface area contributed by atoms with Crippen LogP contribution in [0.25, 0.3) is 5.57 Å². The van der Waals surface area contributed by atoms with Crippen LogP contribution in [0, 0.1) is 18.3 Å². The molecule has 0 aliphatic heterocycles. The molecular formula is C18H26N2O2S. The summed E-state index contributed by atoms with van der Waals surface area (Å²) in [5.41, 5.74) is 2.57. The lowest BCUT2D eigenvalue weighted by atomic mass is 10.0. The van der Waals surface area contributed by atoms with Crippen LogP contribution in [0.3, 0.4) is 0 Å². The lowest BCUT2D eigenvalue weighted by Gasteiger charge is -1.99. The van der Waals surface area contributed by atoms with Gasteiger partial charge in [-0.05, 0) is 36.9 Å². The molecule has 0 saturated carbocycles. The van der Waals surface area contributed by atoms with Gasteiger partial charge in [0.05, 0.1) is 17.9 Å². The Bertz CT molecular complexity index is 667. The molecule has 0 heterocycles. The van der Waals surface area contributed by atoms with Crippen molar-refractivity contribution in [2.75, 3.05) is 6.26 Å². The Morgan fingerprint density at radius 3 is 2.39 bits per heavy atom. The average Bonchev–Trinajstić information content (AvgIpc) is 2.53. The van der Waals surface area contributed by atoms with Crippen LogP contribution in [0.2, 0.25) is 0 Å². The Morgan fingerprint density at radius 2 is 1.96 bits per heavy atom. The fraction of sp³-hybridized carbons (Fsp3) is 0.278. The summed E-state index contributed by atoms with van der Waals surface area (Å²) >= 11 is 0. The van der Waals surface area contributed by atoms with E-state index in [1.165, 1.54) is 12.5 Å². The Labute approximate surface area is 141 Å². The molecule has 0 radical (unpaired) electrons. The van der Waals surface area contributed by atoms with E-state index >= 15 is 0 Å². The van der Waals surface area contributed by atoms with E-state index < -0.39 is 9.80 Å². The van der Waals surface area contributed by atoms with E-state index in [1.54, 1.807) is 12.2 Å². The number of hydrogen-bond donors (Lipinski definition) is 0. The van der Waals surface area contributed by atoms with Gasteiger partial charge in [0.15, 0.2) is 0 Å². The first-order valence-electron chi connectivity index (χ1n) is 7.12. The van der Waals surface area contributed by atoms with Crippen molar-refractivity contribution in [3.05, 3.63) is 54.1 Å². The summed E-state index contributed by atoms with van der Waals surface area (Å²) in [6.45, 7) is 11.5. The van der Waals surface area contributed by atoms with E-state index in [9.17, 15) is 4.21 Å². The lowest BCUT2D eigenvalue weighted by molar-refractivity contribution is 0.377. The minimum Gasteiger partial charge on any atom is -0.304 e. The number of nitrogens with zero attached hydrogens (tertiary/aromatic N) is 2. The largest absolute Gasteiger partial charge is 0.304 e. The van der Waals surface area contributed by atoms with Crippen LogP contribution in [0.5, 0.6) is 0 Å². The second-order valence-electron chi connectivity index (χ2n) is 4.19. The normalized spacial score (nSPS) is 12.2. The van der Waals surface area contributed by atoms with E-state index in [2.05, 4.69) is 21.9 Å². The first-order chi connectivity index (χ1) is 10.8. The smallest absolute Gasteiger partial charge is 0.142 e. The van der Waals surface area contributed by atoms with Gasteiger partial charge in [0.1, 0.15) is 9.80 Å². The number of benzene rings is 1. The topological polar surface area (TPSA) is 62.5 Å². The standard InChI is InChI=1S/C10H9N.C6H11NO2S.C2H6/c1-8-5-3-4-6-10(8)9(2)7-11;1-4-5-6-7-9-10(2,3)8;1-2/h3-6H,2H2,1H3;4-6H,2H2,1,3H3;1-2H3/b;5-4-,7-6?;. The summed E-state index contributed by atoms with van der Waals surface area (Å²) < 4.78 is 15.1. The molecule has 0 bridgehead atoms. The first-order valence-corrected chi connectivity index (χ1v) is 9.18. The van der Waals surface area contributed by atoms with Gasteiger partial charge < -0.3 is 4.28 Å². The number of rotatable bonds is 4. The van der Waals surface area contributed by atoms with Gasteiger partial charge in [-0.15, -0.1) is 0 Å². The molecule has 0 fully saturated rings. The zero-order valence-electron chi connectivity index (χ0n) is 14.6. The fourth-order valence-corrected chi connectivity index (χ4v) is 1.44. The molecule has 0 saturated heterocycles. The van der Waals surface area contributed by atoms with Crippen molar-refractivity contribution in [1.82, 2.24) is 0 Å². The third-order valence-electron chi connectivity index (χ3n) is 2.15. The zero-order valence-corrected chi connectivity index (χ0v) is 15.4. The number of aryl methyl sites for hydroxylation is 1. The van der Waals surface area contributed by atoms with Crippen molar-refractivity contribution in [3.63, 3.8) is 0 Å². The van der Waals surface area contributed by atoms with Gasteiger partial charge in [0, 0.05) is 6.26 Å². The van der Waals surface area contributed by atoms with Gasteiger partial charge in [0.2, 0.25) is 0 Å². The predicted molar refractivity (Wildman–Crippen MR) is 103 cm³/mol. The second-order valence-corrected chi connectivity index (χ2v) is 6.19. The highest BCUT2D eigenvalue weighted by atomic mass is 32.2. The van der Waals surface area contributed by atoms with Crippen molar-refractivity contribution >= 4 is 27.5 Å². The highest BCUT2D eigenvalue weighted by Gasteiger charge is 1.98. The number of oxime groups is 1. The van der Waals surface area contributed by atoms with E-state index in [-0.39, 0.29) is 0 Å². The van der Waals surface area contributed by atoms with Crippen molar-refractivity contribution in [2.24, 2.45) is 5.16 Å². The maximum atomic E-state index is 10.7. The summed E-state index contributed by atoms with van der Waals surface area (Å²) in [5.74, 6) is 3.24. The van der Waals surface area contributed by atoms with E-state index in [1.807, 2.05) is 58.0 Å². The third kappa shape index (κ3) is 13.1. The SMILES string of the molecule is C=C(C#N)c1ccccc1C.C=S(C)(=O)ON=C/C=C\C.CC. The second kappa shape index (κ2) is 13.4. The highest BCUT2D eigenvalue weighted by Crippen LogP contribution is 2.15. The maximum absolute atomic E-state index is 10.7. The summed E-state index contributed by atoms with van der Waals surface area (Å²) in [4.78, 5) is 0. The third-order valence-corrected chi connectivity index (χ3v) is 2.55. The average molecular weight is 334 g/mol. The van der Waals surface area contributed by atoms with Crippen LogP contribution in [-0.4, -0.2) is 22.5 Å². The summed E-state index contributed by atoms with van der Waals surface area (Å²) in [6.07, 6.45) is 6.24. The monoisotopic (exact) mass is 334 g/mol. The molecule has 0 amide bonds. The molecule has 0 spiro atoms. The van der Waals surface area contributed by atoms with Gasteiger partial charge in [0.25, 0.3) is 0 Å². The molecule has 0 aliphatic carbocycles. The van der Waals surface area contributed by atoms with Gasteiger partial charge in [-0.25, -0.2) is 4.21 Å². The fourth-order valence-electron chi connectivity index (χ4n) is 1.21. The Kier molecular flexibility index (Phi) is 13.3. The maximum Gasteiger partial charge on any atom is 0.142 e. The quantitative estimate of drug-likeness (QED) is 0.355. The number of hydrogen-bond acceptors (Lipinski definition) is 4. The molecule has 23 heavy (non-hydrogen) atoms. The van der Waals surface area contributed by atoms with Crippen molar-refractivity contribution in [1.29, 1.82) is 5.26 Å². The highest BCUT2D eigenvalue weighted by molar-refractivity contribution is 7.95. The summed E-state index contributed by atoms with van der Waals surface area (Å²) in [5, 5.41) is 11.9. The van der Waals surface area contributed by atoms with Crippen molar-refractivity contribution < 1.29 is 8.49 Å². The molecule has 1 atom stereocenters. The van der Waals surface area contributed by atoms with Gasteiger partial charge in [-0.1, -0.05) is 55.9 Å². The molecule has 5 heteroatoms. The van der Waals surface area contributed by atoms with Crippen LogP contribution in [-0.2, 0) is 14.1 Å². The van der Waals surface area contributed by atoms with Crippen LogP contribution in [0.4, 0.5) is 0 Å². The molecule has 1 unspecified atom stereocenters. The van der Waals surface area contributed by atoms with Crippen LogP contribution in [0.15, 0.2) is 48.2 Å². The summed E-state index contributed by atoms with van der Waals surface area (Å²) in [6, 6.07) is 9.76. The predicted octanol–water partition coefficient (Wildman–Crippen LogP) is 4.38. The molecule has 1 rings (SSSR count). The molecular weight excluding hydrogens is 308 g/mol. The van der Waals surface area contributed by atoms with Gasteiger partial charge in [-0.3, -0.25) is 0 Å². The van der Waals surface area contributed by atoms with Crippen LogP contribution < -0.4 is 0 Å². The van der Waals surface area contributed by atoms with Crippen LogP contribution in [0.1, 0.15) is 31.9 Å². The lowest BCUT2D eigenvalue weighted by Crippen LogP contribution is -1.95. The molecule has 126 valence electrons. The zero-order chi connectivity index (χ0) is 18.3.